The molecule has 2 aromatic rings. The van der Waals surface area contributed by atoms with Crippen LogP contribution in [-0.2, 0) is 0 Å². The molecule has 1 aromatic heterocycles. The first-order valence-corrected chi connectivity index (χ1v) is 7.30. The second-order valence-electron chi connectivity index (χ2n) is 3.48. The van der Waals surface area contributed by atoms with Crippen molar-refractivity contribution in [2.24, 2.45) is 0 Å². The van der Waals surface area contributed by atoms with E-state index in [0.29, 0.717) is 21.9 Å². The molecule has 0 aliphatic heterocycles. The molecule has 0 aliphatic carbocycles. The highest BCUT2D eigenvalue weighted by Gasteiger charge is 2.12. The quantitative estimate of drug-likeness (QED) is 0.803. The molecule has 9 heteroatoms. The Labute approximate surface area is 137 Å². The summed E-state index contributed by atoms with van der Waals surface area (Å²) in [6.45, 7) is 0. The first-order chi connectivity index (χ1) is 9.53. The minimum Gasteiger partial charge on any atom is -0.496 e. The van der Waals surface area contributed by atoms with Gasteiger partial charge < -0.3 is 14.8 Å². The van der Waals surface area contributed by atoms with Gasteiger partial charge in [-0.15, -0.1) is 0 Å². The molecule has 0 atom stereocenters. The van der Waals surface area contributed by atoms with Gasteiger partial charge in [0.25, 0.3) is 0 Å². The van der Waals surface area contributed by atoms with Gasteiger partial charge in [0.2, 0.25) is 11.2 Å². The molecule has 0 aliphatic rings. The van der Waals surface area contributed by atoms with Gasteiger partial charge in [0.15, 0.2) is 0 Å². The summed E-state index contributed by atoms with van der Waals surface area (Å²) in [4.78, 5) is 11.8. The van der Waals surface area contributed by atoms with Crippen LogP contribution in [0, 0.1) is 0 Å². The molecule has 6 nitrogen and oxygen atoms in total. The lowest BCUT2D eigenvalue weighted by Gasteiger charge is -2.10. The van der Waals surface area contributed by atoms with Crippen LogP contribution < -0.4 is 14.8 Å². The van der Waals surface area contributed by atoms with E-state index in [9.17, 15) is 0 Å². The van der Waals surface area contributed by atoms with Crippen LogP contribution in [0.4, 0.5) is 5.95 Å². The molecule has 0 saturated carbocycles. The maximum absolute atomic E-state index is 5.79. The highest BCUT2D eigenvalue weighted by molar-refractivity contribution is 9.11. The third-order valence-corrected chi connectivity index (χ3v) is 3.63. The first kappa shape index (κ1) is 15.3. The number of aromatic nitrogens is 3. The van der Waals surface area contributed by atoms with Crippen molar-refractivity contribution in [2.75, 3.05) is 19.5 Å². The van der Waals surface area contributed by atoms with Crippen LogP contribution in [0.5, 0.6) is 17.5 Å². The lowest BCUT2D eigenvalue weighted by atomic mass is 10.3. The number of ether oxygens (including phenoxy) is 2. The monoisotopic (exact) mass is 422 g/mol. The molecule has 2 rings (SSSR count). The molecule has 106 valence electrons. The number of nitrogens with zero attached hydrogens (tertiary/aromatic N) is 3. The van der Waals surface area contributed by atoms with Crippen molar-refractivity contribution in [1.29, 1.82) is 0 Å². The smallest absolute Gasteiger partial charge is 0.328 e. The summed E-state index contributed by atoms with van der Waals surface area (Å²) >= 11 is 12.6. The normalized spacial score (nSPS) is 10.2. The molecule has 0 spiro atoms. The summed E-state index contributed by atoms with van der Waals surface area (Å²) in [7, 11) is 3.26. The van der Waals surface area contributed by atoms with Crippen LogP contribution in [0.3, 0.4) is 0 Å². The van der Waals surface area contributed by atoms with Gasteiger partial charge >= 0.3 is 6.01 Å². The van der Waals surface area contributed by atoms with E-state index in [1.165, 1.54) is 0 Å². The molecule has 0 amide bonds. The second-order valence-corrected chi connectivity index (χ2v) is 5.53. The third kappa shape index (κ3) is 3.50. The summed E-state index contributed by atoms with van der Waals surface area (Å²) in [5.41, 5.74) is 0. The van der Waals surface area contributed by atoms with Crippen molar-refractivity contribution < 1.29 is 9.47 Å². The highest BCUT2D eigenvalue weighted by atomic mass is 79.9. The molecule has 0 unspecified atom stereocenters. The Kier molecular flexibility index (Phi) is 5.00. The van der Waals surface area contributed by atoms with Crippen LogP contribution in [0.1, 0.15) is 0 Å². The number of methoxy groups -OCH3 is 1. The number of hydrogen-bond acceptors (Lipinski definition) is 6. The summed E-state index contributed by atoms with van der Waals surface area (Å²) < 4.78 is 12.2. The minimum atomic E-state index is 0.0445. The van der Waals surface area contributed by atoms with Crippen LogP contribution in [-0.4, -0.2) is 29.1 Å². The van der Waals surface area contributed by atoms with Crippen LogP contribution >= 0.6 is 43.5 Å². The lowest BCUT2D eigenvalue weighted by Crippen LogP contribution is -2.01. The number of nitrogens with one attached hydrogen (secondary N) is 1. The van der Waals surface area contributed by atoms with E-state index in [2.05, 4.69) is 52.1 Å². The summed E-state index contributed by atoms with van der Waals surface area (Å²) in [6.07, 6.45) is 0. The topological polar surface area (TPSA) is 69.2 Å². The van der Waals surface area contributed by atoms with E-state index in [1.54, 1.807) is 26.3 Å². The van der Waals surface area contributed by atoms with Crippen LogP contribution in [0.15, 0.2) is 21.1 Å². The summed E-state index contributed by atoms with van der Waals surface area (Å²) in [5, 5.41) is 2.82. The molecule has 20 heavy (non-hydrogen) atoms. The average molecular weight is 424 g/mol. The molecule has 0 fully saturated rings. The van der Waals surface area contributed by atoms with Crippen molar-refractivity contribution in [3.63, 3.8) is 0 Å². The van der Waals surface area contributed by atoms with E-state index in [4.69, 9.17) is 21.1 Å². The van der Waals surface area contributed by atoms with Crippen molar-refractivity contribution in [1.82, 2.24) is 15.0 Å². The van der Waals surface area contributed by atoms with E-state index in [-0.39, 0.29) is 11.3 Å². The fourth-order valence-electron chi connectivity index (χ4n) is 1.33. The van der Waals surface area contributed by atoms with Gasteiger partial charge in [0.05, 0.1) is 16.1 Å². The first-order valence-electron chi connectivity index (χ1n) is 5.33. The predicted molar refractivity (Wildman–Crippen MR) is 82.9 cm³/mol. The lowest BCUT2D eigenvalue weighted by molar-refractivity contribution is 0.406. The van der Waals surface area contributed by atoms with Gasteiger partial charge in [-0.3, -0.25) is 0 Å². The van der Waals surface area contributed by atoms with Gasteiger partial charge in [-0.1, -0.05) is 0 Å². The standard InChI is InChI=1S/C11H9Br2ClN4O2/c1-15-10-16-9(14)17-11(18-10)20-8-4-5(12)7(19-2)3-6(8)13/h3-4H,1-2H3,(H,15,16,17,18). The SMILES string of the molecule is CNc1nc(Cl)nc(Oc2cc(Br)c(OC)cc2Br)n1. The maximum Gasteiger partial charge on any atom is 0.328 e. The zero-order valence-electron chi connectivity index (χ0n) is 10.4. The molecule has 1 heterocycles. The molecule has 0 radical (unpaired) electrons. The van der Waals surface area contributed by atoms with E-state index in [1.807, 2.05) is 0 Å². The van der Waals surface area contributed by atoms with Gasteiger partial charge in [0, 0.05) is 13.1 Å². The van der Waals surface area contributed by atoms with Gasteiger partial charge in [0.1, 0.15) is 11.5 Å². The molecule has 1 N–H and O–H groups in total. The van der Waals surface area contributed by atoms with E-state index < -0.39 is 0 Å². The molecule has 0 saturated heterocycles. The third-order valence-electron chi connectivity index (χ3n) is 2.22. The Morgan fingerprint density at radius 2 is 1.75 bits per heavy atom. The summed E-state index contributed by atoms with van der Waals surface area (Å²) in [6, 6.07) is 3.59. The fraction of sp³-hybridized carbons (Fsp3) is 0.182. The molecular formula is C11H9Br2ClN4O2. The van der Waals surface area contributed by atoms with Gasteiger partial charge in [-0.25, -0.2) is 0 Å². The molecule has 1 aromatic carbocycles. The molecular weight excluding hydrogens is 415 g/mol. The number of anilines is 1. The Morgan fingerprint density at radius 3 is 2.40 bits per heavy atom. The van der Waals surface area contributed by atoms with Crippen molar-refractivity contribution in [3.8, 4) is 17.5 Å². The van der Waals surface area contributed by atoms with Gasteiger partial charge in [-0.05, 0) is 49.5 Å². The van der Waals surface area contributed by atoms with Crippen LogP contribution in [0.2, 0.25) is 5.28 Å². The number of hydrogen-bond donors (Lipinski definition) is 1. The number of rotatable bonds is 4. The fourth-order valence-corrected chi connectivity index (χ4v) is 2.37. The van der Waals surface area contributed by atoms with Crippen molar-refractivity contribution in [3.05, 3.63) is 26.4 Å². The summed E-state index contributed by atoms with van der Waals surface area (Å²) in [5.74, 6) is 1.51. The Morgan fingerprint density at radius 1 is 1.10 bits per heavy atom. The minimum absolute atomic E-state index is 0.0445. The Balaban J connectivity index is 2.35. The maximum atomic E-state index is 5.79. The largest absolute Gasteiger partial charge is 0.496 e. The Hall–Kier alpha value is -1.12. The highest BCUT2D eigenvalue weighted by Crippen LogP contribution is 2.37. The second kappa shape index (κ2) is 6.55. The van der Waals surface area contributed by atoms with E-state index >= 15 is 0 Å². The van der Waals surface area contributed by atoms with Crippen molar-refractivity contribution in [2.45, 2.75) is 0 Å². The van der Waals surface area contributed by atoms with E-state index in [0.717, 1.165) is 4.47 Å². The van der Waals surface area contributed by atoms with Crippen LogP contribution in [0.25, 0.3) is 0 Å². The Bertz CT molecular complexity index is 642. The van der Waals surface area contributed by atoms with Crippen molar-refractivity contribution >= 4 is 49.4 Å². The number of halogens is 3. The number of benzene rings is 1. The average Bonchev–Trinajstić information content (AvgIpc) is 2.41. The predicted octanol–water partition coefficient (Wildman–Crippen LogP) is 3.89. The van der Waals surface area contributed by atoms with Gasteiger partial charge in [-0.2, -0.15) is 15.0 Å². The molecule has 0 bridgehead atoms. The zero-order chi connectivity index (χ0) is 14.7. The zero-order valence-corrected chi connectivity index (χ0v) is 14.4.